The van der Waals surface area contributed by atoms with Crippen molar-refractivity contribution in [2.45, 2.75) is 0 Å². The summed E-state index contributed by atoms with van der Waals surface area (Å²) >= 11 is 0. The smallest absolute Gasteiger partial charge is 0.748 e. The minimum Gasteiger partial charge on any atom is -0.748 e. The van der Waals surface area contributed by atoms with Crippen molar-refractivity contribution in [3.63, 3.8) is 0 Å². The summed E-state index contributed by atoms with van der Waals surface area (Å²) in [5.41, 5.74) is 0. The van der Waals surface area contributed by atoms with Gasteiger partial charge in [0, 0.05) is 19.5 Å². The van der Waals surface area contributed by atoms with Crippen LogP contribution >= 0.6 is 0 Å². The topological polar surface area (TPSA) is 119 Å². The maximum absolute atomic E-state index is 7.50. The summed E-state index contributed by atoms with van der Waals surface area (Å²) in [5.74, 6) is 0. The van der Waals surface area contributed by atoms with Crippen LogP contribution in [-0.4, -0.2) is 0 Å². The summed E-state index contributed by atoms with van der Waals surface area (Å²) in [6, 6.07) is 20.0. The van der Waals surface area contributed by atoms with E-state index in [4.69, 9.17) is 27.9 Å². The van der Waals surface area contributed by atoms with Crippen molar-refractivity contribution >= 4 is 0 Å². The Morgan fingerprint density at radius 2 is 0.600 bits per heavy atom. The Labute approximate surface area is 182 Å². The van der Waals surface area contributed by atoms with Gasteiger partial charge in [0.2, 0.25) is 0 Å². The SMILES string of the molecule is [C-]#[O+].[C-]#[O+].[C-]#[O+].[C-]#[O+].[C-]#[O+].[C-]#[O+].[Cr+5].[Cr+5].[Zn].[cH-]1[cH-][cH-][cH-][cH-]1.c1cc[cH-]c1. The summed E-state index contributed by atoms with van der Waals surface area (Å²) in [6.07, 6.45) is 0. The van der Waals surface area contributed by atoms with Crippen LogP contribution in [0.5, 0.6) is 0 Å². The predicted octanol–water partition coefficient (Wildman–Crippen LogP) is 2.58. The van der Waals surface area contributed by atoms with Crippen molar-refractivity contribution in [1.82, 2.24) is 0 Å². The maximum atomic E-state index is 7.50. The van der Waals surface area contributed by atoms with Crippen LogP contribution in [0.15, 0.2) is 60.7 Å². The second-order valence-electron chi connectivity index (χ2n) is 1.92. The third-order valence-corrected chi connectivity index (χ3v) is 1.11. The average molecular weight is 468 g/mol. The maximum Gasteiger partial charge on any atom is 5.00 e. The minimum absolute atomic E-state index is 0. The van der Waals surface area contributed by atoms with Crippen LogP contribution in [0.2, 0.25) is 0 Å². The van der Waals surface area contributed by atoms with Gasteiger partial charge in [-0.25, -0.2) is 12.1 Å². The molecule has 0 aromatic heterocycles. The molecule has 2 aromatic rings. The zero-order valence-electron chi connectivity index (χ0n) is 12.7. The van der Waals surface area contributed by atoms with Gasteiger partial charge in [0.05, 0.1) is 0 Å². The number of hydrogen-bond donors (Lipinski definition) is 0. The van der Waals surface area contributed by atoms with Crippen LogP contribution in [0, 0.1) is 39.9 Å². The van der Waals surface area contributed by atoms with Crippen LogP contribution in [0.3, 0.4) is 0 Å². The van der Waals surface area contributed by atoms with E-state index in [1.165, 1.54) is 0 Å². The molecule has 2 aromatic carbocycles. The van der Waals surface area contributed by atoms with Crippen molar-refractivity contribution in [1.29, 1.82) is 0 Å². The third-order valence-electron chi connectivity index (χ3n) is 1.11. The molecule has 0 N–H and O–H groups in total. The molecule has 0 amide bonds. The van der Waals surface area contributed by atoms with Gasteiger partial charge in [0.25, 0.3) is 0 Å². The molecular formula is C16H10Cr2O6Zn+4. The Kier molecular flexibility index (Phi) is 315. The molecule has 0 aliphatic rings. The fourth-order valence-corrected chi connectivity index (χ4v) is 0.642. The molecule has 0 unspecified atom stereocenters. The first-order chi connectivity index (χ1) is 11.0. The average Bonchev–Trinajstić information content (AvgIpc) is 3.43. The van der Waals surface area contributed by atoms with Gasteiger partial charge in [-0.2, -0.15) is 18.2 Å². The first-order valence-electron chi connectivity index (χ1n) is 4.56. The van der Waals surface area contributed by atoms with Crippen LogP contribution in [0.4, 0.5) is 0 Å². The van der Waals surface area contributed by atoms with Crippen LogP contribution in [0.25, 0.3) is 0 Å². The molecule has 0 heterocycles. The Morgan fingerprint density at radius 3 is 0.680 bits per heavy atom. The second kappa shape index (κ2) is 140. The van der Waals surface area contributed by atoms with Gasteiger partial charge in [-0.15, -0.1) is 0 Å². The van der Waals surface area contributed by atoms with E-state index >= 15 is 0 Å². The van der Waals surface area contributed by atoms with Gasteiger partial charge >= 0.3 is 103 Å². The summed E-state index contributed by atoms with van der Waals surface area (Å²) in [6.45, 7) is 27.0. The molecule has 0 atom stereocenters. The number of rotatable bonds is 0. The molecule has 0 bridgehead atoms. The van der Waals surface area contributed by atoms with E-state index in [1.807, 2.05) is 60.7 Å². The first kappa shape index (κ1) is 56.5. The van der Waals surface area contributed by atoms with Crippen molar-refractivity contribution < 1.29 is 82.1 Å². The van der Waals surface area contributed by atoms with E-state index in [0.717, 1.165) is 0 Å². The van der Waals surface area contributed by atoms with E-state index in [0.29, 0.717) is 0 Å². The van der Waals surface area contributed by atoms with Gasteiger partial charge in [-0.3, -0.25) is 0 Å². The van der Waals surface area contributed by atoms with Gasteiger partial charge < -0.3 is 30.3 Å². The molecule has 0 saturated carbocycles. The molecule has 0 saturated heterocycles. The summed E-state index contributed by atoms with van der Waals surface area (Å²) in [4.78, 5) is 0. The fourth-order valence-electron chi connectivity index (χ4n) is 0.642. The normalized spacial score (nSPS) is 3.68. The predicted molar refractivity (Wildman–Crippen MR) is 67.6 cm³/mol. The van der Waals surface area contributed by atoms with Crippen molar-refractivity contribution in [3.05, 3.63) is 101 Å². The summed E-state index contributed by atoms with van der Waals surface area (Å²) < 4.78 is 45.0. The molecule has 0 aliphatic carbocycles. The Morgan fingerprint density at radius 1 is 0.440 bits per heavy atom. The molecule has 0 aliphatic heterocycles. The number of hydrogen-bond acceptors (Lipinski definition) is 0. The monoisotopic (exact) mass is 466 g/mol. The molecule has 2 radical (unpaired) electrons. The largest absolute Gasteiger partial charge is 5.00 e. The molecule has 2 rings (SSSR count). The molecule has 25 heavy (non-hydrogen) atoms. The summed E-state index contributed by atoms with van der Waals surface area (Å²) in [5, 5.41) is 0. The van der Waals surface area contributed by atoms with E-state index in [2.05, 4.69) is 39.9 Å². The van der Waals surface area contributed by atoms with Crippen LogP contribution < -0.4 is 0 Å². The minimum atomic E-state index is 0. The Hall–Kier alpha value is -1.17. The summed E-state index contributed by atoms with van der Waals surface area (Å²) in [7, 11) is 0. The van der Waals surface area contributed by atoms with E-state index in [-0.39, 0.29) is 54.2 Å². The second-order valence-corrected chi connectivity index (χ2v) is 1.92. The van der Waals surface area contributed by atoms with Gasteiger partial charge in [-0.1, -0.05) is 0 Å². The molecule has 0 spiro atoms. The fraction of sp³-hybridized carbons (Fsp3) is 0. The van der Waals surface area contributed by atoms with Crippen molar-refractivity contribution in [2.75, 3.05) is 0 Å². The van der Waals surface area contributed by atoms with Crippen molar-refractivity contribution in [3.8, 4) is 0 Å². The van der Waals surface area contributed by atoms with E-state index in [9.17, 15) is 0 Å². The standard InChI is InChI=1S/2C5H5.6CO.2Cr.Zn/c2*1-2-4-5-3-1;6*1-2;;;/h2*1-5H;;;;;;;;;/q-5;-1;;;;;;;2*+5;. The molecule has 0 fully saturated rings. The van der Waals surface area contributed by atoms with Gasteiger partial charge in [0.15, 0.2) is 0 Å². The van der Waals surface area contributed by atoms with E-state index < -0.39 is 0 Å². The van der Waals surface area contributed by atoms with Crippen LogP contribution in [-0.2, 0) is 82.1 Å². The zero-order valence-corrected chi connectivity index (χ0v) is 18.3. The quantitative estimate of drug-likeness (QED) is 0.321. The third kappa shape index (κ3) is 127. The Bertz CT molecular complexity index is 335. The van der Waals surface area contributed by atoms with Crippen LogP contribution in [0.1, 0.15) is 0 Å². The molecule has 9 heteroatoms. The van der Waals surface area contributed by atoms with E-state index in [1.54, 1.807) is 0 Å². The van der Waals surface area contributed by atoms with Crippen molar-refractivity contribution in [2.24, 2.45) is 0 Å². The molecule has 6 nitrogen and oxygen atoms in total. The van der Waals surface area contributed by atoms with Gasteiger partial charge in [-0.05, 0) is 0 Å². The zero-order chi connectivity index (χ0) is 19.1. The Balaban J connectivity index is -0.0000000174. The molecule has 120 valence electrons. The molecular weight excluding hydrogens is 458 g/mol. The van der Waals surface area contributed by atoms with Gasteiger partial charge in [0.1, 0.15) is 0 Å². The first-order valence-corrected chi connectivity index (χ1v) is 4.56.